The Morgan fingerprint density at radius 2 is 2.17 bits per heavy atom. The molecule has 12 heavy (non-hydrogen) atoms. The standard InChI is InChI=1S/C7H10ClNO2S/c1-7(5-12(8,10)11)2-6(3-7)4-9/h6H,2-3,5H2,1H3/t6-,7-. The van der Waals surface area contributed by atoms with E-state index in [-0.39, 0.29) is 17.1 Å². The van der Waals surface area contributed by atoms with E-state index in [9.17, 15) is 8.42 Å². The van der Waals surface area contributed by atoms with E-state index < -0.39 is 9.05 Å². The first-order chi connectivity index (χ1) is 5.35. The molecule has 0 N–H and O–H groups in total. The van der Waals surface area contributed by atoms with Gasteiger partial charge in [-0.25, -0.2) is 8.42 Å². The van der Waals surface area contributed by atoms with E-state index in [2.05, 4.69) is 6.07 Å². The Bertz CT molecular complexity index is 311. The summed E-state index contributed by atoms with van der Waals surface area (Å²) in [5.74, 6) is 0.00753. The van der Waals surface area contributed by atoms with E-state index in [4.69, 9.17) is 15.9 Å². The zero-order valence-corrected chi connectivity index (χ0v) is 8.32. The predicted octanol–water partition coefficient (Wildman–Crippen LogP) is 1.49. The average molecular weight is 208 g/mol. The zero-order valence-electron chi connectivity index (χ0n) is 6.75. The van der Waals surface area contributed by atoms with Crippen LogP contribution >= 0.6 is 10.7 Å². The lowest BCUT2D eigenvalue weighted by molar-refractivity contribution is 0.140. The second kappa shape index (κ2) is 2.90. The van der Waals surface area contributed by atoms with Crippen LogP contribution in [-0.4, -0.2) is 14.2 Å². The molecule has 0 aromatic rings. The quantitative estimate of drug-likeness (QED) is 0.645. The van der Waals surface area contributed by atoms with Crippen molar-refractivity contribution < 1.29 is 8.42 Å². The van der Waals surface area contributed by atoms with Crippen molar-refractivity contribution in [2.45, 2.75) is 19.8 Å². The summed E-state index contributed by atoms with van der Waals surface area (Å²) in [6, 6.07) is 2.10. The summed E-state index contributed by atoms with van der Waals surface area (Å²) in [6.07, 6.45) is 1.30. The van der Waals surface area contributed by atoms with Crippen LogP contribution in [0.15, 0.2) is 0 Å². The van der Waals surface area contributed by atoms with Crippen LogP contribution in [0.4, 0.5) is 0 Å². The molecule has 0 radical (unpaired) electrons. The Kier molecular flexibility index (Phi) is 2.37. The van der Waals surface area contributed by atoms with E-state index in [1.54, 1.807) is 0 Å². The molecule has 1 saturated carbocycles. The largest absolute Gasteiger partial charge is 0.233 e. The summed E-state index contributed by atoms with van der Waals surface area (Å²) in [6.45, 7) is 1.85. The molecule has 0 atom stereocenters. The Labute approximate surface area is 76.7 Å². The Morgan fingerprint density at radius 3 is 2.50 bits per heavy atom. The number of hydrogen-bond acceptors (Lipinski definition) is 3. The van der Waals surface area contributed by atoms with E-state index >= 15 is 0 Å². The van der Waals surface area contributed by atoms with E-state index in [1.807, 2.05) is 6.92 Å². The Balaban J connectivity index is 2.53. The number of rotatable bonds is 2. The summed E-state index contributed by atoms with van der Waals surface area (Å²) >= 11 is 0. The maximum atomic E-state index is 10.7. The monoisotopic (exact) mass is 207 g/mol. The van der Waals surface area contributed by atoms with Crippen LogP contribution in [0.25, 0.3) is 0 Å². The van der Waals surface area contributed by atoms with Crippen molar-refractivity contribution in [3.63, 3.8) is 0 Å². The molecule has 68 valence electrons. The maximum absolute atomic E-state index is 10.7. The highest BCUT2D eigenvalue weighted by atomic mass is 35.7. The fraction of sp³-hybridized carbons (Fsp3) is 0.857. The van der Waals surface area contributed by atoms with Gasteiger partial charge in [0.05, 0.1) is 11.8 Å². The molecule has 1 aliphatic rings. The second-order valence-electron chi connectivity index (χ2n) is 3.73. The van der Waals surface area contributed by atoms with Gasteiger partial charge in [0.2, 0.25) is 9.05 Å². The molecule has 0 aromatic carbocycles. The molecule has 1 aliphatic carbocycles. The molecule has 0 amide bonds. The van der Waals surface area contributed by atoms with Crippen molar-refractivity contribution in [2.24, 2.45) is 11.3 Å². The first kappa shape index (κ1) is 9.82. The van der Waals surface area contributed by atoms with Gasteiger partial charge in [0, 0.05) is 16.6 Å². The van der Waals surface area contributed by atoms with Crippen molar-refractivity contribution in [3.8, 4) is 6.07 Å². The van der Waals surface area contributed by atoms with Crippen molar-refractivity contribution in [1.82, 2.24) is 0 Å². The normalized spacial score (nSPS) is 35.2. The molecule has 0 heterocycles. The highest BCUT2D eigenvalue weighted by Crippen LogP contribution is 2.46. The van der Waals surface area contributed by atoms with Crippen LogP contribution in [0.3, 0.4) is 0 Å². The SMILES string of the molecule is C[C@]1(CS(=O)(=O)Cl)C[C@H](C#N)C1. The van der Waals surface area contributed by atoms with Crippen molar-refractivity contribution in [1.29, 1.82) is 5.26 Å². The lowest BCUT2D eigenvalue weighted by Crippen LogP contribution is -2.38. The maximum Gasteiger partial charge on any atom is 0.233 e. The van der Waals surface area contributed by atoms with Gasteiger partial charge in [0.25, 0.3) is 0 Å². The number of nitriles is 1. The van der Waals surface area contributed by atoms with Gasteiger partial charge >= 0.3 is 0 Å². The van der Waals surface area contributed by atoms with Crippen LogP contribution in [-0.2, 0) is 9.05 Å². The highest BCUT2D eigenvalue weighted by Gasteiger charge is 2.42. The van der Waals surface area contributed by atoms with Crippen LogP contribution in [0.5, 0.6) is 0 Å². The minimum atomic E-state index is -3.41. The summed E-state index contributed by atoms with van der Waals surface area (Å²) in [5.41, 5.74) is -0.263. The summed E-state index contributed by atoms with van der Waals surface area (Å²) in [4.78, 5) is 0. The lowest BCUT2D eigenvalue weighted by Gasteiger charge is -2.40. The Morgan fingerprint density at radius 1 is 1.67 bits per heavy atom. The fourth-order valence-corrected chi connectivity index (χ4v) is 3.61. The molecule has 1 rings (SSSR count). The first-order valence-electron chi connectivity index (χ1n) is 3.67. The lowest BCUT2D eigenvalue weighted by atomic mass is 9.65. The highest BCUT2D eigenvalue weighted by molar-refractivity contribution is 8.13. The molecule has 0 bridgehead atoms. The summed E-state index contributed by atoms with van der Waals surface area (Å²) in [7, 11) is 1.70. The van der Waals surface area contributed by atoms with Gasteiger partial charge in [-0.05, 0) is 18.3 Å². The van der Waals surface area contributed by atoms with Crippen molar-refractivity contribution >= 4 is 19.7 Å². The fourth-order valence-electron chi connectivity index (χ4n) is 1.76. The third-order valence-electron chi connectivity index (χ3n) is 2.18. The number of halogens is 1. The van der Waals surface area contributed by atoms with Gasteiger partial charge in [-0.3, -0.25) is 0 Å². The van der Waals surface area contributed by atoms with Gasteiger partial charge in [-0.1, -0.05) is 6.92 Å². The van der Waals surface area contributed by atoms with Gasteiger partial charge in [0.15, 0.2) is 0 Å². The zero-order chi connectivity index (χ0) is 9.41. The minimum Gasteiger partial charge on any atom is -0.212 e. The average Bonchev–Trinajstić information content (AvgIpc) is 1.78. The van der Waals surface area contributed by atoms with Crippen LogP contribution in [0.1, 0.15) is 19.8 Å². The van der Waals surface area contributed by atoms with Gasteiger partial charge < -0.3 is 0 Å². The molecule has 0 spiro atoms. The second-order valence-corrected chi connectivity index (χ2v) is 6.51. The van der Waals surface area contributed by atoms with E-state index in [1.165, 1.54) is 0 Å². The van der Waals surface area contributed by atoms with Crippen molar-refractivity contribution in [2.75, 3.05) is 5.75 Å². The molecule has 3 nitrogen and oxygen atoms in total. The van der Waals surface area contributed by atoms with Gasteiger partial charge in [-0.15, -0.1) is 0 Å². The molecule has 1 fully saturated rings. The molecular weight excluding hydrogens is 198 g/mol. The minimum absolute atomic E-state index is 0.0142. The molecule has 0 saturated heterocycles. The summed E-state index contributed by atoms with van der Waals surface area (Å²) < 4.78 is 21.4. The van der Waals surface area contributed by atoms with Gasteiger partial charge in [0.1, 0.15) is 0 Å². The van der Waals surface area contributed by atoms with Crippen LogP contribution < -0.4 is 0 Å². The van der Waals surface area contributed by atoms with Crippen LogP contribution in [0, 0.1) is 22.7 Å². The van der Waals surface area contributed by atoms with Crippen molar-refractivity contribution in [3.05, 3.63) is 0 Å². The molecule has 0 unspecified atom stereocenters. The smallest absolute Gasteiger partial charge is 0.212 e. The number of nitrogens with zero attached hydrogens (tertiary/aromatic N) is 1. The van der Waals surface area contributed by atoms with E-state index in [0.717, 1.165) is 0 Å². The topological polar surface area (TPSA) is 57.9 Å². The van der Waals surface area contributed by atoms with Gasteiger partial charge in [-0.2, -0.15) is 5.26 Å². The number of hydrogen-bond donors (Lipinski definition) is 0. The third-order valence-corrected chi connectivity index (χ3v) is 3.55. The third kappa shape index (κ3) is 2.36. The van der Waals surface area contributed by atoms with Crippen LogP contribution in [0.2, 0.25) is 0 Å². The predicted molar refractivity (Wildman–Crippen MR) is 46.1 cm³/mol. The molecule has 5 heteroatoms. The van der Waals surface area contributed by atoms with E-state index in [0.29, 0.717) is 12.8 Å². The molecule has 0 aliphatic heterocycles. The summed E-state index contributed by atoms with van der Waals surface area (Å²) in [5, 5.41) is 8.48. The molecular formula is C7H10ClNO2S. The first-order valence-corrected chi connectivity index (χ1v) is 6.14. The molecule has 0 aromatic heterocycles. The Hall–Kier alpha value is -0.270.